The third kappa shape index (κ3) is 20.6. The molecular weight excluding hydrogens is 707 g/mol. The van der Waals surface area contributed by atoms with Gasteiger partial charge in [-0.25, -0.2) is 9.97 Å². The number of para-hydroxylation sites is 1. The molecule has 1 amide bonds. The average Bonchev–Trinajstić information content (AvgIpc) is 3.64. The predicted octanol–water partition coefficient (Wildman–Crippen LogP) is 14.5. The number of carbonyl (C=O) groups is 1. The minimum absolute atomic E-state index is 0.0565. The van der Waals surface area contributed by atoms with Gasteiger partial charge in [0, 0.05) is 11.8 Å². The van der Waals surface area contributed by atoms with E-state index >= 15 is 0 Å². The Morgan fingerprint density at radius 2 is 0.982 bits per heavy atom. The molecule has 0 bridgehead atoms. The van der Waals surface area contributed by atoms with Crippen LogP contribution >= 0.6 is 11.3 Å². The molecule has 3 aromatic rings. The van der Waals surface area contributed by atoms with E-state index in [0.29, 0.717) is 12.2 Å². The Kier molecular flexibility index (Phi) is 27.5. The van der Waals surface area contributed by atoms with Crippen LogP contribution in [0.5, 0.6) is 0 Å². The van der Waals surface area contributed by atoms with Gasteiger partial charge in [-0.1, -0.05) is 168 Å². The normalized spacial score (nSPS) is 11.9. The van der Waals surface area contributed by atoms with Gasteiger partial charge in [-0.3, -0.25) is 4.79 Å². The van der Waals surface area contributed by atoms with Crippen LogP contribution in [0.25, 0.3) is 21.1 Å². The first kappa shape index (κ1) is 48.3. The standard InChI is InChI=1S/C49H85N5OS/c1-5-9-12-15-18-21-28-37-53(38-29-22-19-16-13-10-6-2)41-32-42-54(39-30-23-20-17-14-11-7-3)40-31-24-25-36-45(55)51-49-47-48(56-46(52-47)33-8-4)43-34-26-27-35-44(43)50-49/h26-27,34-35H,5-25,28-33,36-42H2,1-4H3,(H,50,51,55). The molecule has 56 heavy (non-hydrogen) atoms. The van der Waals surface area contributed by atoms with Crippen molar-refractivity contribution in [2.75, 3.05) is 44.6 Å². The summed E-state index contributed by atoms with van der Waals surface area (Å²) in [5.41, 5.74) is 1.76. The molecule has 1 aromatic carbocycles. The van der Waals surface area contributed by atoms with Crippen LogP contribution in [0.4, 0.5) is 5.82 Å². The SMILES string of the molecule is CCCCCCCCCN(CCCCCCCCC)CCCN(CCCCCCCCC)CCCCCC(=O)Nc1nc2ccccc2c2sc(CCC)nc12. The van der Waals surface area contributed by atoms with Crippen molar-refractivity contribution in [2.45, 2.75) is 207 Å². The smallest absolute Gasteiger partial charge is 0.225 e. The zero-order valence-corrected chi connectivity index (χ0v) is 37.8. The summed E-state index contributed by atoms with van der Waals surface area (Å²) in [5.74, 6) is 0.678. The van der Waals surface area contributed by atoms with E-state index in [-0.39, 0.29) is 5.91 Å². The number of fused-ring (bicyclic) bond motifs is 3. The molecule has 0 aliphatic rings. The fourth-order valence-electron chi connectivity index (χ4n) is 8.11. The molecule has 2 heterocycles. The van der Waals surface area contributed by atoms with E-state index in [1.54, 1.807) is 11.3 Å². The van der Waals surface area contributed by atoms with Crippen LogP contribution in [0.3, 0.4) is 0 Å². The fraction of sp³-hybridized carbons (Fsp3) is 0.776. The number of aromatic nitrogens is 2. The van der Waals surface area contributed by atoms with E-state index in [1.165, 1.54) is 174 Å². The van der Waals surface area contributed by atoms with E-state index in [9.17, 15) is 4.79 Å². The number of hydrogen-bond donors (Lipinski definition) is 1. The van der Waals surface area contributed by atoms with E-state index < -0.39 is 0 Å². The Morgan fingerprint density at radius 3 is 1.48 bits per heavy atom. The highest BCUT2D eigenvalue weighted by Crippen LogP contribution is 2.34. The van der Waals surface area contributed by atoms with Crippen LogP contribution < -0.4 is 5.32 Å². The van der Waals surface area contributed by atoms with Crippen LogP contribution in [-0.2, 0) is 11.2 Å². The first-order valence-corrected chi connectivity index (χ1v) is 24.8. The lowest BCUT2D eigenvalue weighted by molar-refractivity contribution is -0.116. The molecule has 6 nitrogen and oxygen atoms in total. The third-order valence-corrected chi connectivity index (χ3v) is 12.7. The van der Waals surface area contributed by atoms with E-state index in [1.807, 2.05) is 12.1 Å². The van der Waals surface area contributed by atoms with Gasteiger partial charge in [-0.15, -0.1) is 11.3 Å². The van der Waals surface area contributed by atoms with Gasteiger partial charge in [0.1, 0.15) is 5.52 Å². The quantitative estimate of drug-likeness (QED) is 0.0589. The largest absolute Gasteiger partial charge is 0.309 e. The van der Waals surface area contributed by atoms with Gasteiger partial charge in [0.2, 0.25) is 5.91 Å². The van der Waals surface area contributed by atoms with Crippen molar-refractivity contribution in [1.82, 2.24) is 19.8 Å². The maximum atomic E-state index is 13.2. The van der Waals surface area contributed by atoms with Crippen LogP contribution in [0, 0.1) is 0 Å². The summed E-state index contributed by atoms with van der Waals surface area (Å²) < 4.78 is 1.13. The Labute approximate surface area is 348 Å². The molecule has 0 atom stereocenters. The summed E-state index contributed by atoms with van der Waals surface area (Å²) in [6.45, 7) is 16.5. The summed E-state index contributed by atoms with van der Waals surface area (Å²) in [7, 11) is 0. The highest BCUT2D eigenvalue weighted by atomic mass is 32.1. The number of hydrogen-bond acceptors (Lipinski definition) is 6. The summed E-state index contributed by atoms with van der Waals surface area (Å²) in [6.07, 6.45) is 36.0. The van der Waals surface area contributed by atoms with E-state index in [2.05, 4.69) is 54.9 Å². The molecule has 1 N–H and O–H groups in total. The molecule has 7 heteroatoms. The number of anilines is 1. The topological polar surface area (TPSA) is 61.4 Å². The number of nitrogens with zero attached hydrogens (tertiary/aromatic N) is 4. The van der Waals surface area contributed by atoms with Gasteiger partial charge in [-0.05, 0) is 96.7 Å². The monoisotopic (exact) mass is 792 g/mol. The lowest BCUT2D eigenvalue weighted by atomic mass is 10.1. The van der Waals surface area contributed by atoms with Gasteiger partial charge in [0.05, 0.1) is 15.2 Å². The number of pyridine rings is 1. The summed E-state index contributed by atoms with van der Waals surface area (Å²) in [5, 5.41) is 5.40. The molecule has 0 saturated heterocycles. The number of benzene rings is 1. The van der Waals surface area contributed by atoms with Crippen LogP contribution in [-0.4, -0.2) is 64.9 Å². The fourth-order valence-corrected chi connectivity index (χ4v) is 9.31. The Hall–Kier alpha value is -2.09. The van der Waals surface area contributed by atoms with Gasteiger partial charge in [0.15, 0.2) is 5.82 Å². The van der Waals surface area contributed by atoms with Crippen molar-refractivity contribution >= 4 is 44.2 Å². The Balaban J connectivity index is 1.47. The summed E-state index contributed by atoms with van der Waals surface area (Å²) in [6, 6.07) is 8.22. The second-order valence-corrected chi connectivity index (χ2v) is 17.9. The van der Waals surface area contributed by atoms with Crippen molar-refractivity contribution in [2.24, 2.45) is 0 Å². The van der Waals surface area contributed by atoms with Crippen molar-refractivity contribution in [3.63, 3.8) is 0 Å². The zero-order valence-electron chi connectivity index (χ0n) is 37.0. The highest BCUT2D eigenvalue weighted by molar-refractivity contribution is 7.19. The lowest BCUT2D eigenvalue weighted by Gasteiger charge is -2.26. The molecule has 0 aliphatic carbocycles. The number of thiazole rings is 1. The molecule has 0 radical (unpaired) electrons. The molecule has 0 spiro atoms. The maximum Gasteiger partial charge on any atom is 0.225 e. The van der Waals surface area contributed by atoms with Gasteiger partial charge in [0.25, 0.3) is 0 Å². The van der Waals surface area contributed by atoms with Gasteiger partial charge >= 0.3 is 0 Å². The first-order chi connectivity index (χ1) is 27.6. The number of amides is 1. The van der Waals surface area contributed by atoms with E-state index in [0.717, 1.165) is 64.8 Å². The van der Waals surface area contributed by atoms with Crippen LogP contribution in [0.1, 0.15) is 206 Å². The summed E-state index contributed by atoms with van der Waals surface area (Å²) in [4.78, 5) is 28.6. The van der Waals surface area contributed by atoms with E-state index in [4.69, 9.17) is 9.97 Å². The molecule has 2 aromatic heterocycles. The lowest BCUT2D eigenvalue weighted by Crippen LogP contribution is -2.32. The van der Waals surface area contributed by atoms with Crippen molar-refractivity contribution in [1.29, 1.82) is 0 Å². The molecular formula is C49H85N5OS. The van der Waals surface area contributed by atoms with Crippen LogP contribution in [0.15, 0.2) is 24.3 Å². The summed E-state index contributed by atoms with van der Waals surface area (Å²) >= 11 is 1.74. The molecule has 0 unspecified atom stereocenters. The highest BCUT2D eigenvalue weighted by Gasteiger charge is 2.16. The Morgan fingerprint density at radius 1 is 0.536 bits per heavy atom. The molecule has 0 fully saturated rings. The number of unbranched alkanes of at least 4 members (excludes halogenated alkanes) is 20. The maximum absolute atomic E-state index is 13.2. The zero-order chi connectivity index (χ0) is 39.9. The molecule has 0 saturated carbocycles. The number of aryl methyl sites for hydroxylation is 1. The first-order valence-electron chi connectivity index (χ1n) is 24.0. The minimum Gasteiger partial charge on any atom is -0.309 e. The van der Waals surface area contributed by atoms with Crippen molar-refractivity contribution < 1.29 is 4.79 Å². The number of carbonyl (C=O) groups excluding carboxylic acids is 1. The predicted molar refractivity (Wildman–Crippen MR) is 247 cm³/mol. The third-order valence-electron chi connectivity index (χ3n) is 11.6. The number of rotatable bonds is 37. The second kappa shape index (κ2) is 31.8. The van der Waals surface area contributed by atoms with Crippen molar-refractivity contribution in [3.8, 4) is 0 Å². The minimum atomic E-state index is 0.0565. The Bertz CT molecular complexity index is 1390. The van der Waals surface area contributed by atoms with Crippen molar-refractivity contribution in [3.05, 3.63) is 29.3 Å². The average molecular weight is 792 g/mol. The van der Waals surface area contributed by atoms with Gasteiger partial charge in [-0.2, -0.15) is 0 Å². The molecule has 0 aliphatic heterocycles. The second-order valence-electron chi connectivity index (χ2n) is 16.8. The molecule has 318 valence electrons. The van der Waals surface area contributed by atoms with Gasteiger partial charge < -0.3 is 15.1 Å². The molecule has 3 rings (SSSR count). The van der Waals surface area contributed by atoms with Crippen LogP contribution in [0.2, 0.25) is 0 Å². The number of nitrogens with one attached hydrogen (secondary N) is 1.